The van der Waals surface area contributed by atoms with Crippen molar-refractivity contribution in [1.29, 1.82) is 0 Å². The lowest BCUT2D eigenvalue weighted by molar-refractivity contribution is -0.104. The third kappa shape index (κ3) is 4.99. The van der Waals surface area contributed by atoms with Crippen LogP contribution < -0.4 is 0 Å². The molecule has 1 unspecified atom stereocenters. The Bertz CT molecular complexity index is 348. The summed E-state index contributed by atoms with van der Waals surface area (Å²) in [6, 6.07) is 8.49. The lowest BCUT2D eigenvalue weighted by Gasteiger charge is -2.11. The third-order valence-corrected chi connectivity index (χ3v) is 3.11. The van der Waals surface area contributed by atoms with Crippen LogP contribution in [0.3, 0.4) is 0 Å². The Labute approximate surface area is 105 Å². The van der Waals surface area contributed by atoms with Crippen molar-refractivity contribution in [2.24, 2.45) is 0 Å². The fraction of sp³-hybridized carbons (Fsp3) is 0.438. The molecule has 1 rings (SSSR count). The van der Waals surface area contributed by atoms with Gasteiger partial charge in [0.1, 0.15) is 6.29 Å². The number of aldehydes is 1. The molecule has 0 bridgehead atoms. The summed E-state index contributed by atoms with van der Waals surface area (Å²) in [7, 11) is 0. The van der Waals surface area contributed by atoms with Crippen LogP contribution in [0.2, 0.25) is 0 Å². The maximum Gasteiger partial charge on any atom is 0.142 e. The van der Waals surface area contributed by atoms with Crippen LogP contribution in [0.15, 0.2) is 30.3 Å². The average molecular weight is 230 g/mol. The number of benzene rings is 1. The minimum atomic E-state index is 0.630. The molecule has 0 amide bonds. The Balaban J connectivity index is 2.54. The van der Waals surface area contributed by atoms with Crippen molar-refractivity contribution in [2.45, 2.75) is 45.4 Å². The number of carbonyl (C=O) groups is 1. The van der Waals surface area contributed by atoms with Crippen LogP contribution in [0.1, 0.15) is 56.6 Å². The average Bonchev–Trinajstić information content (AvgIpc) is 2.37. The first kappa shape index (κ1) is 13.7. The van der Waals surface area contributed by atoms with E-state index >= 15 is 0 Å². The van der Waals surface area contributed by atoms with E-state index in [1.807, 2.05) is 6.08 Å². The zero-order valence-corrected chi connectivity index (χ0v) is 10.9. The van der Waals surface area contributed by atoms with Crippen LogP contribution in [0.25, 0.3) is 6.08 Å². The van der Waals surface area contributed by atoms with E-state index < -0.39 is 0 Å². The van der Waals surface area contributed by atoms with Crippen LogP contribution in [-0.4, -0.2) is 6.29 Å². The molecule has 0 radical (unpaired) electrons. The molecule has 1 heteroatoms. The standard InChI is InChI=1S/C16H22O/c1-3-4-5-7-14(2)16-11-9-15(10-12-16)8-6-13-17/h6,8-14H,3-5,7H2,1-2H3. The van der Waals surface area contributed by atoms with Gasteiger partial charge in [-0.15, -0.1) is 0 Å². The molecule has 17 heavy (non-hydrogen) atoms. The predicted molar refractivity (Wildman–Crippen MR) is 74.1 cm³/mol. The SMILES string of the molecule is CCCCCC(C)c1ccc(C=CC=O)cc1. The first-order valence-corrected chi connectivity index (χ1v) is 6.49. The van der Waals surface area contributed by atoms with Crippen molar-refractivity contribution >= 4 is 12.4 Å². The monoisotopic (exact) mass is 230 g/mol. The van der Waals surface area contributed by atoms with Crippen molar-refractivity contribution in [2.75, 3.05) is 0 Å². The molecular formula is C16H22O. The highest BCUT2D eigenvalue weighted by Crippen LogP contribution is 2.22. The molecule has 0 N–H and O–H groups in total. The quantitative estimate of drug-likeness (QED) is 0.380. The highest BCUT2D eigenvalue weighted by Gasteiger charge is 2.04. The molecule has 1 aromatic carbocycles. The van der Waals surface area contributed by atoms with Gasteiger partial charge in [-0.2, -0.15) is 0 Å². The summed E-state index contributed by atoms with van der Waals surface area (Å²) in [5, 5.41) is 0. The molecule has 92 valence electrons. The number of carbonyl (C=O) groups excluding carboxylic acids is 1. The van der Waals surface area contributed by atoms with Gasteiger partial charge in [-0.3, -0.25) is 4.79 Å². The summed E-state index contributed by atoms with van der Waals surface area (Å²) in [4.78, 5) is 10.2. The smallest absolute Gasteiger partial charge is 0.142 e. The topological polar surface area (TPSA) is 17.1 Å². The minimum Gasteiger partial charge on any atom is -0.299 e. The molecular weight excluding hydrogens is 208 g/mol. The molecule has 1 nitrogen and oxygen atoms in total. The lowest BCUT2D eigenvalue weighted by Crippen LogP contribution is -1.93. The first-order valence-electron chi connectivity index (χ1n) is 6.49. The Morgan fingerprint density at radius 1 is 1.18 bits per heavy atom. The molecule has 0 heterocycles. The van der Waals surface area contributed by atoms with Crippen molar-refractivity contribution < 1.29 is 4.79 Å². The maximum atomic E-state index is 10.2. The van der Waals surface area contributed by atoms with Gasteiger partial charge in [-0.25, -0.2) is 0 Å². The second kappa shape index (κ2) is 7.83. The van der Waals surface area contributed by atoms with Gasteiger partial charge in [0.25, 0.3) is 0 Å². The third-order valence-electron chi connectivity index (χ3n) is 3.11. The normalized spacial score (nSPS) is 12.8. The van der Waals surface area contributed by atoms with E-state index in [9.17, 15) is 4.79 Å². The molecule has 0 aliphatic carbocycles. The first-order chi connectivity index (χ1) is 8.27. The summed E-state index contributed by atoms with van der Waals surface area (Å²) in [6.07, 6.45) is 9.34. The Kier molecular flexibility index (Phi) is 6.31. The highest BCUT2D eigenvalue weighted by molar-refractivity contribution is 5.73. The summed E-state index contributed by atoms with van der Waals surface area (Å²) in [5.41, 5.74) is 2.48. The number of hydrogen-bond donors (Lipinski definition) is 0. The summed E-state index contributed by atoms with van der Waals surface area (Å²) in [6.45, 7) is 4.52. The number of unbranched alkanes of at least 4 members (excludes halogenated alkanes) is 2. The van der Waals surface area contributed by atoms with Crippen LogP contribution in [-0.2, 0) is 4.79 Å². The number of hydrogen-bond acceptors (Lipinski definition) is 1. The van der Waals surface area contributed by atoms with Gasteiger partial charge in [0, 0.05) is 0 Å². The van der Waals surface area contributed by atoms with Gasteiger partial charge in [0.2, 0.25) is 0 Å². The highest BCUT2D eigenvalue weighted by atomic mass is 16.1. The second-order valence-corrected chi connectivity index (χ2v) is 4.56. The molecule has 0 aliphatic heterocycles. The second-order valence-electron chi connectivity index (χ2n) is 4.56. The Morgan fingerprint density at radius 3 is 2.47 bits per heavy atom. The van der Waals surface area contributed by atoms with Gasteiger partial charge >= 0.3 is 0 Å². The van der Waals surface area contributed by atoms with Gasteiger partial charge in [-0.05, 0) is 29.5 Å². The van der Waals surface area contributed by atoms with Crippen LogP contribution in [0, 0.1) is 0 Å². The molecule has 0 spiro atoms. The zero-order valence-electron chi connectivity index (χ0n) is 10.9. The van der Waals surface area contributed by atoms with E-state index in [0.29, 0.717) is 5.92 Å². The number of rotatable bonds is 7. The largest absolute Gasteiger partial charge is 0.299 e. The molecule has 1 aromatic rings. The Morgan fingerprint density at radius 2 is 1.88 bits per heavy atom. The van der Waals surface area contributed by atoms with Gasteiger partial charge < -0.3 is 0 Å². The summed E-state index contributed by atoms with van der Waals surface area (Å²) < 4.78 is 0. The molecule has 0 fully saturated rings. The molecule has 1 atom stereocenters. The van der Waals surface area contributed by atoms with E-state index in [1.54, 1.807) is 0 Å². The predicted octanol–water partition coefficient (Wildman–Crippen LogP) is 4.58. The number of allylic oxidation sites excluding steroid dienone is 1. The van der Waals surface area contributed by atoms with E-state index in [4.69, 9.17) is 0 Å². The minimum absolute atomic E-state index is 0.630. The molecule has 0 saturated heterocycles. The van der Waals surface area contributed by atoms with E-state index in [0.717, 1.165) is 11.8 Å². The van der Waals surface area contributed by atoms with Crippen molar-refractivity contribution in [1.82, 2.24) is 0 Å². The van der Waals surface area contributed by atoms with Crippen LogP contribution in [0.5, 0.6) is 0 Å². The lowest BCUT2D eigenvalue weighted by atomic mass is 9.94. The fourth-order valence-corrected chi connectivity index (χ4v) is 1.95. The van der Waals surface area contributed by atoms with E-state index in [2.05, 4.69) is 38.1 Å². The molecule has 0 saturated carbocycles. The van der Waals surface area contributed by atoms with Crippen LogP contribution in [0.4, 0.5) is 0 Å². The van der Waals surface area contributed by atoms with E-state index in [1.165, 1.54) is 37.3 Å². The van der Waals surface area contributed by atoms with Gasteiger partial charge in [-0.1, -0.05) is 63.5 Å². The van der Waals surface area contributed by atoms with Crippen molar-refractivity contribution in [3.8, 4) is 0 Å². The zero-order chi connectivity index (χ0) is 12.5. The van der Waals surface area contributed by atoms with Crippen molar-refractivity contribution in [3.63, 3.8) is 0 Å². The maximum absolute atomic E-state index is 10.2. The summed E-state index contributed by atoms with van der Waals surface area (Å²) in [5.74, 6) is 0.630. The molecule has 0 aliphatic rings. The molecule has 0 aromatic heterocycles. The summed E-state index contributed by atoms with van der Waals surface area (Å²) >= 11 is 0. The van der Waals surface area contributed by atoms with E-state index in [-0.39, 0.29) is 0 Å². The Hall–Kier alpha value is -1.37. The van der Waals surface area contributed by atoms with Gasteiger partial charge in [0.05, 0.1) is 0 Å². The van der Waals surface area contributed by atoms with Crippen LogP contribution >= 0.6 is 0 Å². The van der Waals surface area contributed by atoms with Gasteiger partial charge in [0.15, 0.2) is 0 Å². The van der Waals surface area contributed by atoms with Crippen molar-refractivity contribution in [3.05, 3.63) is 41.5 Å². The fourth-order valence-electron chi connectivity index (χ4n) is 1.95.